The van der Waals surface area contributed by atoms with Crippen LogP contribution in [0.3, 0.4) is 0 Å². The van der Waals surface area contributed by atoms with E-state index >= 15 is 0 Å². The summed E-state index contributed by atoms with van der Waals surface area (Å²) in [6, 6.07) is 5.01. The number of rotatable bonds is 2. The van der Waals surface area contributed by atoms with E-state index in [0.717, 1.165) is 5.69 Å². The first-order valence-electron chi connectivity index (χ1n) is 4.24. The highest BCUT2D eigenvalue weighted by atomic mass is 28.3. The number of nitrogens with zero attached hydrogens (tertiary/aromatic N) is 1. The molecule has 11 heavy (non-hydrogen) atoms. The molecule has 3 heteroatoms. The molecular weight excluding hydrogens is 154 g/mol. The molecule has 60 valence electrons. The van der Waals surface area contributed by atoms with Crippen molar-refractivity contribution in [2.24, 2.45) is 0 Å². The molecule has 1 fully saturated rings. The zero-order valence-electron chi connectivity index (χ0n) is 7.00. The van der Waals surface area contributed by atoms with E-state index in [-0.39, 0.29) is 0 Å². The molecule has 0 radical (unpaired) electrons. The van der Waals surface area contributed by atoms with Crippen molar-refractivity contribution < 1.29 is 4.52 Å². The lowest BCUT2D eigenvalue weighted by Gasteiger charge is -1.93. The molecule has 0 spiro atoms. The van der Waals surface area contributed by atoms with Crippen LogP contribution in [-0.2, 0) is 0 Å². The summed E-state index contributed by atoms with van der Waals surface area (Å²) < 4.78 is 5.26. The van der Waals surface area contributed by atoms with E-state index in [1.165, 1.54) is 17.5 Å². The standard InChI is InChI=1S/C8H13NOSi/c1-6(2)7-5-8(10-9-7)11-3-4-11/h5-6,11H,3-4H2,1-2H3. The second-order valence-corrected chi connectivity index (χ2v) is 6.70. The van der Waals surface area contributed by atoms with Crippen LogP contribution in [0.1, 0.15) is 25.5 Å². The molecule has 2 rings (SSSR count). The normalized spacial score (nSPS) is 17.7. The Labute approximate surface area is 68.2 Å². The molecule has 1 aliphatic rings. The van der Waals surface area contributed by atoms with Gasteiger partial charge in [0.2, 0.25) is 0 Å². The Hall–Kier alpha value is -0.573. The average Bonchev–Trinajstić information content (AvgIpc) is 2.68. The van der Waals surface area contributed by atoms with Crippen LogP contribution in [0, 0.1) is 0 Å². The minimum absolute atomic E-state index is 0.514. The van der Waals surface area contributed by atoms with Crippen LogP contribution >= 0.6 is 0 Å². The minimum Gasteiger partial charge on any atom is -0.367 e. The van der Waals surface area contributed by atoms with Crippen LogP contribution in [0.2, 0.25) is 12.1 Å². The Balaban J connectivity index is 2.18. The van der Waals surface area contributed by atoms with Crippen molar-refractivity contribution in [3.05, 3.63) is 11.8 Å². The fourth-order valence-electron chi connectivity index (χ4n) is 1.14. The second kappa shape index (κ2) is 2.48. The summed E-state index contributed by atoms with van der Waals surface area (Å²) in [4.78, 5) is 0. The van der Waals surface area contributed by atoms with Gasteiger partial charge >= 0.3 is 0 Å². The van der Waals surface area contributed by atoms with Gasteiger partial charge in [-0.25, -0.2) is 0 Å². The molecule has 0 N–H and O–H groups in total. The van der Waals surface area contributed by atoms with E-state index in [1.54, 1.807) is 0 Å². The first kappa shape index (κ1) is 7.10. The Morgan fingerprint density at radius 2 is 2.27 bits per heavy atom. The Morgan fingerprint density at radius 1 is 1.55 bits per heavy atom. The zero-order chi connectivity index (χ0) is 7.84. The van der Waals surface area contributed by atoms with Crippen LogP contribution < -0.4 is 5.38 Å². The first-order valence-corrected chi connectivity index (χ1v) is 6.45. The first-order chi connectivity index (χ1) is 5.27. The van der Waals surface area contributed by atoms with Crippen molar-refractivity contribution in [1.29, 1.82) is 0 Å². The number of aromatic nitrogens is 1. The molecule has 0 bridgehead atoms. The average molecular weight is 167 g/mol. The lowest BCUT2D eigenvalue weighted by atomic mass is 10.1. The summed E-state index contributed by atoms with van der Waals surface area (Å²) in [5, 5.41) is 5.27. The molecule has 0 aromatic carbocycles. The molecule has 1 aromatic rings. The van der Waals surface area contributed by atoms with E-state index in [9.17, 15) is 0 Å². The van der Waals surface area contributed by atoms with E-state index in [2.05, 4.69) is 25.1 Å². The van der Waals surface area contributed by atoms with Crippen LogP contribution in [0.15, 0.2) is 10.6 Å². The van der Waals surface area contributed by atoms with Crippen LogP contribution in [0.4, 0.5) is 0 Å². The van der Waals surface area contributed by atoms with Crippen molar-refractivity contribution >= 4 is 14.2 Å². The van der Waals surface area contributed by atoms with E-state index in [1.807, 2.05) is 0 Å². The van der Waals surface area contributed by atoms with Gasteiger partial charge in [-0.05, 0) is 12.0 Å². The molecule has 1 aromatic heterocycles. The van der Waals surface area contributed by atoms with Crippen LogP contribution in [-0.4, -0.2) is 14.0 Å². The highest BCUT2D eigenvalue weighted by Crippen LogP contribution is 2.22. The van der Waals surface area contributed by atoms with Crippen molar-refractivity contribution in [3.63, 3.8) is 0 Å². The molecule has 0 amide bonds. The van der Waals surface area contributed by atoms with E-state index in [4.69, 9.17) is 4.52 Å². The Bertz CT molecular complexity index is 236. The molecule has 1 saturated heterocycles. The molecule has 0 atom stereocenters. The molecule has 2 nitrogen and oxygen atoms in total. The van der Waals surface area contributed by atoms with Gasteiger partial charge in [0.25, 0.3) is 0 Å². The fourth-order valence-corrected chi connectivity index (χ4v) is 2.98. The smallest absolute Gasteiger partial charge is 0.119 e. The summed E-state index contributed by atoms with van der Waals surface area (Å²) >= 11 is 0. The Kier molecular flexibility index (Phi) is 1.60. The summed E-state index contributed by atoms with van der Waals surface area (Å²) in [6.07, 6.45) is 0. The van der Waals surface area contributed by atoms with E-state index < -0.39 is 8.80 Å². The summed E-state index contributed by atoms with van der Waals surface area (Å²) in [5.74, 6) is 0.514. The third-order valence-electron chi connectivity index (χ3n) is 2.12. The maximum atomic E-state index is 5.26. The summed E-state index contributed by atoms with van der Waals surface area (Å²) in [7, 11) is -0.528. The highest BCUT2D eigenvalue weighted by molar-refractivity contribution is 6.81. The SMILES string of the molecule is CC(C)c1cc([SiH]2CC2)on1. The lowest BCUT2D eigenvalue weighted by molar-refractivity contribution is 0.431. The zero-order valence-corrected chi connectivity index (χ0v) is 8.16. The van der Waals surface area contributed by atoms with Gasteiger partial charge in [-0.1, -0.05) is 31.1 Å². The molecule has 2 heterocycles. The predicted octanol–water partition coefficient (Wildman–Crippen LogP) is 1.25. The van der Waals surface area contributed by atoms with Crippen LogP contribution in [0.25, 0.3) is 0 Å². The molecule has 0 saturated carbocycles. The van der Waals surface area contributed by atoms with Gasteiger partial charge in [-0.2, -0.15) is 0 Å². The quantitative estimate of drug-likeness (QED) is 0.619. The van der Waals surface area contributed by atoms with E-state index in [0.29, 0.717) is 5.92 Å². The monoisotopic (exact) mass is 167 g/mol. The van der Waals surface area contributed by atoms with Gasteiger partial charge in [0.1, 0.15) is 14.2 Å². The van der Waals surface area contributed by atoms with Crippen molar-refractivity contribution in [1.82, 2.24) is 5.16 Å². The fraction of sp³-hybridized carbons (Fsp3) is 0.625. The highest BCUT2D eigenvalue weighted by Gasteiger charge is 2.30. The maximum absolute atomic E-state index is 5.26. The molecular formula is C8H13NOSi. The lowest BCUT2D eigenvalue weighted by Crippen LogP contribution is -2.11. The van der Waals surface area contributed by atoms with Gasteiger partial charge in [-0.15, -0.1) is 0 Å². The van der Waals surface area contributed by atoms with Gasteiger partial charge < -0.3 is 4.52 Å². The van der Waals surface area contributed by atoms with Gasteiger partial charge in [0.15, 0.2) is 0 Å². The van der Waals surface area contributed by atoms with Gasteiger partial charge in [0, 0.05) is 0 Å². The molecule has 0 unspecified atom stereocenters. The second-order valence-electron chi connectivity index (χ2n) is 3.58. The Morgan fingerprint density at radius 3 is 2.73 bits per heavy atom. The number of hydrogen-bond acceptors (Lipinski definition) is 2. The van der Waals surface area contributed by atoms with Crippen LogP contribution in [0.5, 0.6) is 0 Å². The topological polar surface area (TPSA) is 26.0 Å². The number of hydrogen-bond donors (Lipinski definition) is 0. The minimum atomic E-state index is -0.528. The third kappa shape index (κ3) is 1.38. The maximum Gasteiger partial charge on any atom is 0.119 e. The predicted molar refractivity (Wildman–Crippen MR) is 47.0 cm³/mol. The molecule has 1 aliphatic heterocycles. The van der Waals surface area contributed by atoms with Crippen molar-refractivity contribution in [3.8, 4) is 0 Å². The van der Waals surface area contributed by atoms with Crippen molar-refractivity contribution in [2.45, 2.75) is 31.9 Å². The van der Waals surface area contributed by atoms with Gasteiger partial charge in [-0.3, -0.25) is 0 Å². The van der Waals surface area contributed by atoms with Gasteiger partial charge in [0.05, 0.1) is 5.69 Å². The molecule has 0 aliphatic carbocycles. The third-order valence-corrected chi connectivity index (χ3v) is 4.35. The largest absolute Gasteiger partial charge is 0.367 e. The van der Waals surface area contributed by atoms with Crippen molar-refractivity contribution in [2.75, 3.05) is 0 Å². The summed E-state index contributed by atoms with van der Waals surface area (Å²) in [5.41, 5.74) is 1.12. The summed E-state index contributed by atoms with van der Waals surface area (Å²) in [6.45, 7) is 4.30.